The number of carbonyl (C=O) groups excluding carboxylic acids is 1. The number of fused-ring (bicyclic) bond motifs is 1. The maximum atomic E-state index is 12.9. The van der Waals surface area contributed by atoms with Gasteiger partial charge < -0.3 is 19.3 Å². The van der Waals surface area contributed by atoms with Crippen molar-refractivity contribution in [1.82, 2.24) is 4.90 Å². The molecule has 0 N–H and O–H groups in total. The smallest absolute Gasteiger partial charge is 0.254 e. The van der Waals surface area contributed by atoms with Gasteiger partial charge in [-0.2, -0.15) is 0 Å². The molecule has 2 aliphatic heterocycles. The fourth-order valence-electron chi connectivity index (χ4n) is 3.80. The van der Waals surface area contributed by atoms with E-state index >= 15 is 0 Å². The van der Waals surface area contributed by atoms with Crippen LogP contribution in [0.25, 0.3) is 0 Å². The first kappa shape index (κ1) is 18.3. The van der Waals surface area contributed by atoms with Crippen LogP contribution in [-0.4, -0.2) is 57.4 Å². The van der Waals surface area contributed by atoms with Crippen LogP contribution in [0.15, 0.2) is 41.4 Å². The second-order valence-corrected chi connectivity index (χ2v) is 7.01. The van der Waals surface area contributed by atoms with Crippen LogP contribution in [0, 0.1) is 0 Å². The minimum absolute atomic E-state index is 0.0281. The van der Waals surface area contributed by atoms with E-state index in [9.17, 15) is 4.79 Å². The molecular weight excluding hydrogens is 354 g/mol. The third-order valence-electron chi connectivity index (χ3n) is 5.40. The zero-order valence-corrected chi connectivity index (χ0v) is 16.4. The molecule has 1 fully saturated rings. The lowest BCUT2D eigenvalue weighted by molar-refractivity contribution is 0.0746. The summed E-state index contributed by atoms with van der Waals surface area (Å²) in [5.41, 5.74) is 4.23. The molecular formula is C22H25N3O3. The van der Waals surface area contributed by atoms with Gasteiger partial charge in [-0.1, -0.05) is 0 Å². The van der Waals surface area contributed by atoms with E-state index in [-0.39, 0.29) is 5.91 Å². The van der Waals surface area contributed by atoms with Gasteiger partial charge in [-0.3, -0.25) is 9.79 Å². The highest BCUT2D eigenvalue weighted by atomic mass is 16.5. The van der Waals surface area contributed by atoms with Crippen molar-refractivity contribution < 1.29 is 14.3 Å². The van der Waals surface area contributed by atoms with Gasteiger partial charge in [0.1, 0.15) is 0 Å². The number of aryl methyl sites for hydroxylation is 1. The average Bonchev–Trinajstić information content (AvgIpc) is 2.77. The summed E-state index contributed by atoms with van der Waals surface area (Å²) in [6.45, 7) is 3.03. The normalized spacial score (nSPS) is 15.9. The Labute approximate surface area is 165 Å². The molecule has 2 aromatic carbocycles. The zero-order chi connectivity index (χ0) is 19.5. The highest BCUT2D eigenvalue weighted by molar-refractivity contribution is 5.95. The largest absolute Gasteiger partial charge is 0.493 e. The van der Waals surface area contributed by atoms with E-state index in [1.807, 2.05) is 11.1 Å². The SMILES string of the molecule is COc1ccc(C(=O)N2CCN(c3ccc4c(c3)CCC=N4)CC2)cc1OC. The van der Waals surface area contributed by atoms with Gasteiger partial charge >= 0.3 is 0 Å². The fourth-order valence-corrected chi connectivity index (χ4v) is 3.80. The summed E-state index contributed by atoms with van der Waals surface area (Å²) in [5, 5.41) is 0. The number of benzene rings is 2. The van der Waals surface area contributed by atoms with Gasteiger partial charge in [0, 0.05) is 43.6 Å². The summed E-state index contributed by atoms with van der Waals surface area (Å²) in [4.78, 5) is 21.6. The molecule has 1 saturated heterocycles. The van der Waals surface area contributed by atoms with Gasteiger partial charge in [-0.25, -0.2) is 0 Å². The minimum Gasteiger partial charge on any atom is -0.493 e. The van der Waals surface area contributed by atoms with Crippen molar-refractivity contribution in [3.05, 3.63) is 47.5 Å². The van der Waals surface area contributed by atoms with Gasteiger partial charge in [0.15, 0.2) is 11.5 Å². The number of rotatable bonds is 4. The molecule has 4 rings (SSSR count). The van der Waals surface area contributed by atoms with Crippen LogP contribution in [-0.2, 0) is 6.42 Å². The molecule has 28 heavy (non-hydrogen) atoms. The molecule has 2 aromatic rings. The predicted octanol–water partition coefficient (Wildman–Crippen LogP) is 3.31. The van der Waals surface area contributed by atoms with Crippen molar-refractivity contribution >= 4 is 23.5 Å². The number of nitrogens with zero attached hydrogens (tertiary/aromatic N) is 3. The minimum atomic E-state index is 0.0281. The number of aliphatic imine (C=N–C) groups is 1. The monoisotopic (exact) mass is 379 g/mol. The van der Waals surface area contributed by atoms with Gasteiger partial charge in [0.25, 0.3) is 5.91 Å². The van der Waals surface area contributed by atoms with Gasteiger partial charge in [-0.05, 0) is 54.8 Å². The quantitative estimate of drug-likeness (QED) is 0.818. The Morgan fingerprint density at radius 1 is 0.964 bits per heavy atom. The summed E-state index contributed by atoms with van der Waals surface area (Å²) in [7, 11) is 3.17. The highest BCUT2D eigenvalue weighted by Gasteiger charge is 2.23. The molecule has 0 aliphatic carbocycles. The van der Waals surface area contributed by atoms with Crippen molar-refractivity contribution in [1.29, 1.82) is 0 Å². The first-order chi connectivity index (χ1) is 13.7. The molecule has 6 heteroatoms. The number of methoxy groups -OCH3 is 2. The van der Waals surface area contributed by atoms with Gasteiger partial charge in [0.05, 0.1) is 19.9 Å². The molecule has 0 radical (unpaired) electrons. The number of piperazine rings is 1. The molecule has 0 unspecified atom stereocenters. The maximum Gasteiger partial charge on any atom is 0.254 e. The molecule has 0 bridgehead atoms. The van der Waals surface area contributed by atoms with Crippen molar-refractivity contribution in [2.45, 2.75) is 12.8 Å². The lowest BCUT2D eigenvalue weighted by Crippen LogP contribution is -2.48. The summed E-state index contributed by atoms with van der Waals surface area (Å²) in [6.07, 6.45) is 4.04. The first-order valence-electron chi connectivity index (χ1n) is 9.61. The van der Waals surface area contributed by atoms with E-state index in [1.54, 1.807) is 32.4 Å². The van der Waals surface area contributed by atoms with Crippen molar-refractivity contribution in [2.75, 3.05) is 45.3 Å². The third kappa shape index (κ3) is 3.54. The number of anilines is 1. The second kappa shape index (κ2) is 7.92. The van der Waals surface area contributed by atoms with E-state index in [0.717, 1.165) is 31.6 Å². The van der Waals surface area contributed by atoms with E-state index in [0.29, 0.717) is 30.2 Å². The second-order valence-electron chi connectivity index (χ2n) is 7.01. The van der Waals surface area contributed by atoms with Crippen LogP contribution >= 0.6 is 0 Å². The molecule has 0 spiro atoms. The van der Waals surface area contributed by atoms with Crippen LogP contribution in [0.5, 0.6) is 11.5 Å². The van der Waals surface area contributed by atoms with Crippen LogP contribution in [0.1, 0.15) is 22.3 Å². The van der Waals surface area contributed by atoms with E-state index in [2.05, 4.69) is 28.1 Å². The fraction of sp³-hybridized carbons (Fsp3) is 0.364. The Morgan fingerprint density at radius 3 is 2.50 bits per heavy atom. The molecule has 2 aliphatic rings. The molecule has 2 heterocycles. The summed E-state index contributed by atoms with van der Waals surface area (Å²) < 4.78 is 10.6. The van der Waals surface area contributed by atoms with Gasteiger partial charge in [0.2, 0.25) is 0 Å². The van der Waals surface area contributed by atoms with E-state index < -0.39 is 0 Å². The number of amides is 1. The molecule has 1 amide bonds. The Kier molecular flexibility index (Phi) is 5.19. The van der Waals surface area contributed by atoms with E-state index in [1.165, 1.54) is 11.3 Å². The Balaban J connectivity index is 1.43. The number of hydrogen-bond donors (Lipinski definition) is 0. The zero-order valence-electron chi connectivity index (χ0n) is 16.4. The lowest BCUT2D eigenvalue weighted by atomic mass is 10.0. The van der Waals surface area contributed by atoms with Crippen LogP contribution in [0.3, 0.4) is 0 Å². The third-order valence-corrected chi connectivity index (χ3v) is 5.40. The average molecular weight is 379 g/mol. The summed E-state index contributed by atoms with van der Waals surface area (Å²) in [5.74, 6) is 1.23. The van der Waals surface area contributed by atoms with Crippen LogP contribution in [0.4, 0.5) is 11.4 Å². The topological polar surface area (TPSA) is 54.4 Å². The highest BCUT2D eigenvalue weighted by Crippen LogP contribution is 2.30. The van der Waals surface area contributed by atoms with Crippen molar-refractivity contribution in [3.63, 3.8) is 0 Å². The maximum absolute atomic E-state index is 12.9. The summed E-state index contributed by atoms with van der Waals surface area (Å²) >= 11 is 0. The Morgan fingerprint density at radius 2 is 1.75 bits per heavy atom. The predicted molar refractivity (Wildman–Crippen MR) is 111 cm³/mol. The lowest BCUT2D eigenvalue weighted by Gasteiger charge is -2.36. The Hall–Kier alpha value is -3.02. The molecule has 6 nitrogen and oxygen atoms in total. The number of hydrogen-bond acceptors (Lipinski definition) is 5. The first-order valence-corrected chi connectivity index (χ1v) is 9.61. The molecule has 0 aromatic heterocycles. The number of carbonyl (C=O) groups is 1. The standard InChI is InChI=1S/C22H25N3O3/c1-27-20-8-5-17(15-21(20)28-2)22(26)25-12-10-24(11-13-25)18-6-7-19-16(14-18)4-3-9-23-19/h5-9,14-15H,3-4,10-13H2,1-2H3. The van der Waals surface area contributed by atoms with Gasteiger partial charge in [-0.15, -0.1) is 0 Å². The Bertz CT molecular complexity index is 902. The van der Waals surface area contributed by atoms with Crippen molar-refractivity contribution in [2.24, 2.45) is 4.99 Å². The number of ether oxygens (including phenoxy) is 2. The van der Waals surface area contributed by atoms with Crippen molar-refractivity contribution in [3.8, 4) is 11.5 Å². The molecule has 146 valence electrons. The molecule has 0 saturated carbocycles. The summed E-state index contributed by atoms with van der Waals surface area (Å²) in [6, 6.07) is 11.8. The van der Waals surface area contributed by atoms with Crippen LogP contribution in [0.2, 0.25) is 0 Å². The van der Waals surface area contributed by atoms with E-state index in [4.69, 9.17) is 9.47 Å². The molecule has 0 atom stereocenters. The van der Waals surface area contributed by atoms with Crippen LogP contribution < -0.4 is 14.4 Å².